The third kappa shape index (κ3) is 5.79. The van der Waals surface area contributed by atoms with Crippen molar-refractivity contribution in [1.29, 1.82) is 0 Å². The number of carbonyl (C=O) groups excluding carboxylic acids is 2. The maximum absolute atomic E-state index is 12.1. The Kier molecular flexibility index (Phi) is 8.09. The van der Waals surface area contributed by atoms with Gasteiger partial charge >= 0.3 is 0 Å². The van der Waals surface area contributed by atoms with E-state index in [9.17, 15) is 9.59 Å². The highest BCUT2D eigenvalue weighted by Crippen LogP contribution is 2.27. The number of hydrazone groups is 1. The van der Waals surface area contributed by atoms with Gasteiger partial charge < -0.3 is 5.32 Å². The molecule has 2 amide bonds. The number of hydrogen-bond acceptors (Lipinski definition) is 3. The first-order valence-electron chi connectivity index (χ1n) is 10.8. The topological polar surface area (TPSA) is 70.6 Å². The molecular formula is C27H27N3O2. The molecular weight excluding hydrogens is 398 g/mol. The second kappa shape index (κ2) is 11.4. The van der Waals surface area contributed by atoms with Crippen molar-refractivity contribution in [1.82, 2.24) is 5.43 Å². The van der Waals surface area contributed by atoms with E-state index >= 15 is 0 Å². The lowest BCUT2D eigenvalue weighted by Crippen LogP contribution is -2.20. The van der Waals surface area contributed by atoms with Gasteiger partial charge in [-0.1, -0.05) is 80.6 Å². The van der Waals surface area contributed by atoms with Crippen LogP contribution in [-0.4, -0.2) is 18.0 Å². The summed E-state index contributed by atoms with van der Waals surface area (Å²) in [4.78, 5) is 24.1. The van der Waals surface area contributed by atoms with Crippen LogP contribution in [-0.2, 0) is 9.59 Å². The van der Waals surface area contributed by atoms with E-state index in [1.807, 2.05) is 68.4 Å². The number of nitrogens with one attached hydrogen (secondary N) is 2. The Morgan fingerprint density at radius 2 is 1.28 bits per heavy atom. The molecule has 2 N–H and O–H groups in total. The minimum absolute atomic E-state index is 0.0618. The number of carbonyl (C=O) groups is 2. The van der Waals surface area contributed by atoms with Crippen LogP contribution in [0.15, 0.2) is 90.0 Å². The van der Waals surface area contributed by atoms with E-state index in [0.29, 0.717) is 5.69 Å². The molecule has 0 unspecified atom stereocenters. The first kappa shape index (κ1) is 22.7. The summed E-state index contributed by atoms with van der Waals surface area (Å²) in [5.41, 5.74) is 4.19. The standard InChI is InChI=1S/C25H21N3O2.C2H6/c29-24(27-20-10-2-1-3-11-20)14-15-25(30)28-26-17-23-21-12-6-4-8-18(21)16-19-9-5-7-13-22(19)23;1-2/h1-13,16-17H,14-15H2,(H,27,29)(H,28,30);1-2H3/b26-17+;. The molecule has 0 fully saturated rings. The fourth-order valence-electron chi connectivity index (χ4n) is 3.38. The first-order chi connectivity index (χ1) is 15.7. The summed E-state index contributed by atoms with van der Waals surface area (Å²) >= 11 is 0. The number of para-hydroxylation sites is 1. The fourth-order valence-corrected chi connectivity index (χ4v) is 3.38. The molecule has 0 atom stereocenters. The molecule has 0 aliphatic carbocycles. The number of hydrogen-bond donors (Lipinski definition) is 2. The lowest BCUT2D eigenvalue weighted by Gasteiger charge is -2.08. The third-order valence-corrected chi connectivity index (χ3v) is 4.83. The van der Waals surface area contributed by atoms with Crippen molar-refractivity contribution < 1.29 is 9.59 Å². The van der Waals surface area contributed by atoms with Gasteiger partial charge in [0, 0.05) is 24.1 Å². The molecule has 0 heterocycles. The van der Waals surface area contributed by atoms with Crippen LogP contribution in [0.4, 0.5) is 5.69 Å². The van der Waals surface area contributed by atoms with Gasteiger partial charge in [0.1, 0.15) is 0 Å². The van der Waals surface area contributed by atoms with Crippen LogP contribution >= 0.6 is 0 Å². The van der Waals surface area contributed by atoms with Crippen molar-refractivity contribution in [3.63, 3.8) is 0 Å². The van der Waals surface area contributed by atoms with Crippen LogP contribution in [0.2, 0.25) is 0 Å². The Hall–Kier alpha value is -3.99. The van der Waals surface area contributed by atoms with Crippen molar-refractivity contribution >= 4 is 45.3 Å². The average Bonchev–Trinajstić information content (AvgIpc) is 2.84. The highest BCUT2D eigenvalue weighted by atomic mass is 16.2. The zero-order valence-corrected chi connectivity index (χ0v) is 18.3. The summed E-state index contributed by atoms with van der Waals surface area (Å²) in [6.45, 7) is 4.00. The first-order valence-corrected chi connectivity index (χ1v) is 10.8. The van der Waals surface area contributed by atoms with Gasteiger partial charge in [0.05, 0.1) is 6.21 Å². The summed E-state index contributed by atoms with van der Waals surface area (Å²) in [5, 5.41) is 11.3. The largest absolute Gasteiger partial charge is 0.326 e. The predicted octanol–water partition coefficient (Wildman–Crippen LogP) is 5.89. The van der Waals surface area contributed by atoms with Crippen LogP contribution in [0.5, 0.6) is 0 Å². The molecule has 5 nitrogen and oxygen atoms in total. The van der Waals surface area contributed by atoms with E-state index < -0.39 is 0 Å². The molecule has 0 aliphatic heterocycles. The minimum Gasteiger partial charge on any atom is -0.326 e. The van der Waals surface area contributed by atoms with Gasteiger partial charge in [-0.25, -0.2) is 5.43 Å². The van der Waals surface area contributed by atoms with Crippen LogP contribution in [0, 0.1) is 0 Å². The van der Waals surface area contributed by atoms with E-state index in [1.54, 1.807) is 18.3 Å². The van der Waals surface area contributed by atoms with E-state index in [2.05, 4.69) is 34.0 Å². The highest BCUT2D eigenvalue weighted by molar-refractivity contribution is 6.13. The Morgan fingerprint density at radius 1 is 0.750 bits per heavy atom. The smallest absolute Gasteiger partial charge is 0.240 e. The van der Waals surface area contributed by atoms with Crippen LogP contribution in [0.25, 0.3) is 21.5 Å². The minimum atomic E-state index is -0.306. The Morgan fingerprint density at radius 3 is 1.91 bits per heavy atom. The van der Waals surface area contributed by atoms with E-state index in [-0.39, 0.29) is 24.7 Å². The molecule has 0 saturated carbocycles. The molecule has 4 aromatic carbocycles. The molecule has 0 aliphatic rings. The summed E-state index contributed by atoms with van der Waals surface area (Å²) in [6, 6.07) is 27.5. The van der Waals surface area contributed by atoms with Crippen LogP contribution < -0.4 is 10.7 Å². The van der Waals surface area contributed by atoms with Crippen LogP contribution in [0.1, 0.15) is 32.3 Å². The third-order valence-electron chi connectivity index (χ3n) is 4.83. The van der Waals surface area contributed by atoms with Gasteiger partial charge in [-0.3, -0.25) is 9.59 Å². The van der Waals surface area contributed by atoms with Gasteiger partial charge in [0.25, 0.3) is 0 Å². The molecule has 4 aromatic rings. The van der Waals surface area contributed by atoms with Gasteiger partial charge in [0.2, 0.25) is 11.8 Å². The maximum Gasteiger partial charge on any atom is 0.240 e. The zero-order valence-electron chi connectivity index (χ0n) is 18.3. The summed E-state index contributed by atoms with van der Waals surface area (Å²) in [7, 11) is 0. The van der Waals surface area contributed by atoms with Crippen molar-refractivity contribution in [2.24, 2.45) is 5.10 Å². The summed E-state index contributed by atoms with van der Waals surface area (Å²) < 4.78 is 0. The average molecular weight is 426 g/mol. The van der Waals surface area contributed by atoms with Gasteiger partial charge in [-0.05, 0) is 39.7 Å². The van der Waals surface area contributed by atoms with Crippen molar-refractivity contribution in [2.45, 2.75) is 26.7 Å². The fraction of sp³-hybridized carbons (Fsp3) is 0.148. The number of amides is 2. The lowest BCUT2D eigenvalue weighted by molar-refractivity contribution is -0.124. The zero-order chi connectivity index (χ0) is 22.8. The Balaban J connectivity index is 0.00000141. The number of nitrogens with zero attached hydrogens (tertiary/aromatic N) is 1. The SMILES string of the molecule is CC.O=C(CCC(=O)Nc1ccccc1)N/N=C/c1c2ccccc2cc2ccccc12. The molecule has 5 heteroatoms. The second-order valence-corrected chi connectivity index (χ2v) is 6.94. The summed E-state index contributed by atoms with van der Waals surface area (Å²) in [6.07, 6.45) is 1.83. The van der Waals surface area contributed by atoms with E-state index in [1.165, 1.54) is 0 Å². The molecule has 32 heavy (non-hydrogen) atoms. The monoisotopic (exact) mass is 425 g/mol. The van der Waals surface area contributed by atoms with Gasteiger partial charge in [0.15, 0.2) is 0 Å². The van der Waals surface area contributed by atoms with Crippen molar-refractivity contribution in [3.05, 3.63) is 90.5 Å². The van der Waals surface area contributed by atoms with Crippen molar-refractivity contribution in [3.8, 4) is 0 Å². The molecule has 4 rings (SSSR count). The normalized spacial score (nSPS) is 10.6. The number of anilines is 1. The Bertz CT molecular complexity index is 1180. The Labute approximate surface area is 188 Å². The maximum atomic E-state index is 12.1. The molecule has 0 aromatic heterocycles. The van der Waals surface area contributed by atoms with Crippen molar-refractivity contribution in [2.75, 3.05) is 5.32 Å². The molecule has 0 bridgehead atoms. The highest BCUT2D eigenvalue weighted by Gasteiger charge is 2.08. The predicted molar refractivity (Wildman–Crippen MR) is 133 cm³/mol. The number of rotatable bonds is 6. The van der Waals surface area contributed by atoms with E-state index in [4.69, 9.17) is 0 Å². The van der Waals surface area contributed by atoms with Gasteiger partial charge in [-0.15, -0.1) is 0 Å². The number of benzene rings is 4. The summed E-state index contributed by atoms with van der Waals surface area (Å²) in [5.74, 6) is -0.514. The molecule has 162 valence electrons. The quantitative estimate of drug-likeness (QED) is 0.230. The molecule has 0 radical (unpaired) electrons. The molecule has 0 spiro atoms. The van der Waals surface area contributed by atoms with Gasteiger partial charge in [-0.2, -0.15) is 5.10 Å². The van der Waals surface area contributed by atoms with E-state index in [0.717, 1.165) is 27.1 Å². The lowest BCUT2D eigenvalue weighted by atomic mass is 9.97. The van der Waals surface area contributed by atoms with Crippen LogP contribution in [0.3, 0.4) is 0 Å². The number of fused-ring (bicyclic) bond motifs is 2. The second-order valence-electron chi connectivity index (χ2n) is 6.94. The molecule has 0 saturated heterocycles.